The predicted molar refractivity (Wildman–Crippen MR) is 159 cm³/mol. The molecule has 1 aliphatic heterocycles. The van der Waals surface area contributed by atoms with E-state index in [0.717, 1.165) is 24.2 Å². The van der Waals surface area contributed by atoms with E-state index in [4.69, 9.17) is 16.3 Å². The molecule has 0 saturated carbocycles. The lowest BCUT2D eigenvalue weighted by Crippen LogP contribution is -2.29. The summed E-state index contributed by atoms with van der Waals surface area (Å²) in [5.41, 5.74) is 1.30. The van der Waals surface area contributed by atoms with Gasteiger partial charge in [-0.15, -0.1) is 10.2 Å². The van der Waals surface area contributed by atoms with Crippen molar-refractivity contribution in [1.82, 2.24) is 10.2 Å². The number of unbranched alkanes of at least 4 members (excludes halogenated alkanes) is 1. The number of amides is 1. The summed E-state index contributed by atoms with van der Waals surface area (Å²) in [5, 5.41) is 20.3. The van der Waals surface area contributed by atoms with Crippen molar-refractivity contribution in [3.63, 3.8) is 0 Å². The number of aromatic nitrogens is 2. The van der Waals surface area contributed by atoms with E-state index in [9.17, 15) is 19.1 Å². The second-order valence-corrected chi connectivity index (χ2v) is 11.8. The minimum Gasteiger partial charge on any atom is -0.507 e. The Bertz CT molecular complexity index is 1610. The van der Waals surface area contributed by atoms with Crippen LogP contribution in [-0.2, 0) is 15.3 Å². The third-order valence-corrected chi connectivity index (χ3v) is 8.75. The number of benzene rings is 3. The molecule has 210 valence electrons. The Labute approximate surface area is 249 Å². The van der Waals surface area contributed by atoms with Crippen molar-refractivity contribution in [3.05, 3.63) is 106 Å². The number of Topliss-reactive ketones (excluding diaryl/α,β-unsaturated/α-hetero) is 1. The first-order valence-electron chi connectivity index (χ1n) is 12.9. The van der Waals surface area contributed by atoms with Crippen LogP contribution in [0.5, 0.6) is 5.75 Å². The highest BCUT2D eigenvalue weighted by atomic mass is 35.5. The van der Waals surface area contributed by atoms with Gasteiger partial charge in [0.1, 0.15) is 17.3 Å². The first-order valence-corrected chi connectivity index (χ1v) is 15.0. The van der Waals surface area contributed by atoms with Crippen LogP contribution in [0, 0.1) is 5.82 Å². The highest BCUT2D eigenvalue weighted by Gasteiger charge is 2.48. The van der Waals surface area contributed by atoms with E-state index < -0.39 is 17.7 Å². The Morgan fingerprint density at radius 2 is 1.88 bits per heavy atom. The number of aliphatic hydroxyl groups is 1. The number of hydrogen-bond donors (Lipinski definition) is 1. The number of carbonyl (C=O) groups is 2. The molecule has 0 radical (unpaired) electrons. The van der Waals surface area contributed by atoms with Gasteiger partial charge in [-0.1, -0.05) is 78.4 Å². The fraction of sp³-hybridized carbons (Fsp3) is 0.200. The molecule has 7 nitrogen and oxygen atoms in total. The maximum absolute atomic E-state index is 14.1. The number of ether oxygens (including phenoxy) is 1. The summed E-state index contributed by atoms with van der Waals surface area (Å²) in [5.74, 6) is -1.40. The van der Waals surface area contributed by atoms with Gasteiger partial charge in [-0.05, 0) is 60.0 Å². The van der Waals surface area contributed by atoms with Crippen LogP contribution in [0.15, 0.2) is 82.7 Å². The van der Waals surface area contributed by atoms with Crippen molar-refractivity contribution in [2.24, 2.45) is 0 Å². The standard InChI is InChI=1S/C30H25ClFN3O4S2/c1-2-3-15-39-22-13-11-18(12-14-22)26(36)24-25(19-8-6-9-21(31)16-19)35(28(38)27(24)37)29-33-34-30(41-29)40-17-20-7-4-5-10-23(20)32/h4-14,16,25,36H,2-3,15,17H2,1H3/t25-/m1/s1. The zero-order valence-electron chi connectivity index (χ0n) is 21.9. The van der Waals surface area contributed by atoms with Crippen molar-refractivity contribution < 1.29 is 23.8 Å². The lowest BCUT2D eigenvalue weighted by Gasteiger charge is -2.22. The molecule has 0 spiro atoms. The van der Waals surface area contributed by atoms with Crippen molar-refractivity contribution in [1.29, 1.82) is 0 Å². The van der Waals surface area contributed by atoms with Crippen LogP contribution in [0.2, 0.25) is 5.02 Å². The van der Waals surface area contributed by atoms with Gasteiger partial charge in [-0.2, -0.15) is 0 Å². The van der Waals surface area contributed by atoms with Gasteiger partial charge in [0.2, 0.25) is 5.13 Å². The van der Waals surface area contributed by atoms with Gasteiger partial charge in [-0.3, -0.25) is 14.5 Å². The van der Waals surface area contributed by atoms with Crippen LogP contribution in [0.25, 0.3) is 5.76 Å². The van der Waals surface area contributed by atoms with Crippen molar-refractivity contribution in [2.75, 3.05) is 11.5 Å². The van der Waals surface area contributed by atoms with E-state index in [1.54, 1.807) is 66.7 Å². The monoisotopic (exact) mass is 609 g/mol. The molecule has 1 N–H and O–H groups in total. The fourth-order valence-corrected chi connectivity index (χ4v) is 6.39. The number of nitrogens with zero attached hydrogens (tertiary/aromatic N) is 3. The number of carbonyl (C=O) groups excluding carboxylic acids is 2. The first kappa shape index (κ1) is 28.8. The van der Waals surface area contributed by atoms with Crippen LogP contribution >= 0.6 is 34.7 Å². The molecule has 1 saturated heterocycles. The lowest BCUT2D eigenvalue weighted by atomic mass is 9.95. The van der Waals surface area contributed by atoms with E-state index in [1.165, 1.54) is 22.7 Å². The molecule has 0 bridgehead atoms. The van der Waals surface area contributed by atoms with Crippen molar-refractivity contribution in [3.8, 4) is 5.75 Å². The second-order valence-electron chi connectivity index (χ2n) is 9.18. The zero-order chi connectivity index (χ0) is 28.9. The summed E-state index contributed by atoms with van der Waals surface area (Å²) in [7, 11) is 0. The molecule has 1 amide bonds. The van der Waals surface area contributed by atoms with E-state index in [0.29, 0.717) is 44.2 Å². The maximum atomic E-state index is 14.1. The molecule has 0 aliphatic carbocycles. The van der Waals surface area contributed by atoms with Crippen LogP contribution < -0.4 is 9.64 Å². The molecule has 3 aromatic carbocycles. The average Bonchev–Trinajstić information content (AvgIpc) is 3.54. The number of thioether (sulfide) groups is 1. The van der Waals surface area contributed by atoms with Crippen molar-refractivity contribution in [2.45, 2.75) is 35.9 Å². The topological polar surface area (TPSA) is 92.6 Å². The summed E-state index contributed by atoms with van der Waals surface area (Å²) >= 11 is 8.65. The molecule has 5 rings (SSSR count). The Kier molecular flexibility index (Phi) is 9.02. The molecule has 1 atom stereocenters. The Morgan fingerprint density at radius 1 is 1.10 bits per heavy atom. The molecule has 0 unspecified atom stereocenters. The first-order chi connectivity index (χ1) is 19.9. The highest BCUT2D eigenvalue weighted by Crippen LogP contribution is 2.44. The number of ketones is 1. The second kappa shape index (κ2) is 12.8. The predicted octanol–water partition coefficient (Wildman–Crippen LogP) is 7.43. The smallest absolute Gasteiger partial charge is 0.301 e. The zero-order valence-corrected chi connectivity index (χ0v) is 24.3. The number of anilines is 1. The average molecular weight is 610 g/mol. The van der Waals surface area contributed by atoms with E-state index in [1.807, 2.05) is 0 Å². The highest BCUT2D eigenvalue weighted by molar-refractivity contribution is 8.00. The maximum Gasteiger partial charge on any atom is 0.301 e. The quantitative estimate of drug-likeness (QED) is 0.0499. The SMILES string of the molecule is CCCCOc1ccc(C(O)=C2C(=O)C(=O)N(c3nnc(SCc4ccccc4F)s3)[C@@H]2c2cccc(Cl)c2)cc1. The number of hydrogen-bond acceptors (Lipinski definition) is 8. The summed E-state index contributed by atoms with van der Waals surface area (Å²) < 4.78 is 20.3. The van der Waals surface area contributed by atoms with E-state index in [-0.39, 0.29) is 22.3 Å². The van der Waals surface area contributed by atoms with Gasteiger partial charge in [-0.25, -0.2) is 4.39 Å². The molecule has 1 aromatic heterocycles. The summed E-state index contributed by atoms with van der Waals surface area (Å²) in [6.07, 6.45) is 1.92. The molecule has 1 aliphatic rings. The van der Waals surface area contributed by atoms with Gasteiger partial charge in [0.05, 0.1) is 18.2 Å². The lowest BCUT2D eigenvalue weighted by molar-refractivity contribution is -0.132. The van der Waals surface area contributed by atoms with Gasteiger partial charge < -0.3 is 9.84 Å². The molecular weight excluding hydrogens is 585 g/mol. The van der Waals surface area contributed by atoms with Crippen molar-refractivity contribution >= 4 is 57.3 Å². The third kappa shape index (κ3) is 6.29. The molecule has 1 fully saturated rings. The Balaban J connectivity index is 1.49. The number of aliphatic hydroxyl groups excluding tert-OH is 1. The minimum atomic E-state index is -0.994. The minimum absolute atomic E-state index is 0.0901. The summed E-state index contributed by atoms with van der Waals surface area (Å²) in [6.45, 7) is 2.65. The molecule has 4 aromatic rings. The van der Waals surface area contributed by atoms with Gasteiger partial charge in [0.25, 0.3) is 5.78 Å². The van der Waals surface area contributed by atoms with Crippen LogP contribution in [-0.4, -0.2) is 33.6 Å². The van der Waals surface area contributed by atoms with Gasteiger partial charge >= 0.3 is 5.91 Å². The normalized spacial score (nSPS) is 16.4. The summed E-state index contributed by atoms with van der Waals surface area (Å²) in [4.78, 5) is 28.1. The van der Waals surface area contributed by atoms with Gasteiger partial charge in [0, 0.05) is 16.3 Å². The number of rotatable bonds is 10. The van der Waals surface area contributed by atoms with Crippen LogP contribution in [0.1, 0.15) is 42.5 Å². The molecule has 41 heavy (non-hydrogen) atoms. The van der Waals surface area contributed by atoms with E-state index >= 15 is 0 Å². The number of halogens is 2. The third-order valence-electron chi connectivity index (χ3n) is 6.41. The van der Waals surface area contributed by atoms with Crippen LogP contribution in [0.4, 0.5) is 9.52 Å². The Hall–Kier alpha value is -3.73. The molecular formula is C30H25ClFN3O4S2. The van der Waals surface area contributed by atoms with Gasteiger partial charge in [0.15, 0.2) is 4.34 Å². The summed E-state index contributed by atoms with van der Waals surface area (Å²) in [6, 6.07) is 18.9. The molecule has 11 heteroatoms. The largest absolute Gasteiger partial charge is 0.507 e. The van der Waals surface area contributed by atoms with E-state index in [2.05, 4.69) is 17.1 Å². The molecule has 2 heterocycles. The van der Waals surface area contributed by atoms with Crippen LogP contribution in [0.3, 0.4) is 0 Å². The Morgan fingerprint density at radius 3 is 2.61 bits per heavy atom. The fourth-order valence-electron chi connectivity index (χ4n) is 4.33.